The number of hydrogen-bond donors (Lipinski definition) is 0. The fraction of sp³-hybridized carbons (Fsp3) is 0.0702. The van der Waals surface area contributed by atoms with E-state index < -0.39 is 5.41 Å². The molecule has 0 spiro atoms. The van der Waals surface area contributed by atoms with E-state index in [1.165, 1.54) is 33.4 Å². The number of benzene rings is 8. The molecule has 12 rings (SSSR count). The van der Waals surface area contributed by atoms with Crippen LogP contribution in [0.1, 0.15) is 36.1 Å². The van der Waals surface area contributed by atoms with E-state index in [1.54, 1.807) is 0 Å². The van der Waals surface area contributed by atoms with Gasteiger partial charge in [-0.15, -0.1) is 38.8 Å². The number of fused-ring (bicyclic) bond motifs is 7. The molecule has 0 saturated heterocycles. The van der Waals surface area contributed by atoms with Gasteiger partial charge in [-0.05, 0) is 94.1 Å². The van der Waals surface area contributed by atoms with Gasteiger partial charge in [0.2, 0.25) is 0 Å². The van der Waals surface area contributed by atoms with Gasteiger partial charge < -0.3 is 4.57 Å². The fourth-order valence-electron chi connectivity index (χ4n) is 10.0. The van der Waals surface area contributed by atoms with Gasteiger partial charge in [0.25, 0.3) is 0 Å². The molecule has 10 aromatic rings. The third kappa shape index (κ3) is 5.95. The smallest absolute Gasteiger partial charge is 0.145 e. The number of anilines is 3. The molecule has 6 heteroatoms. The van der Waals surface area contributed by atoms with Gasteiger partial charge >= 0.3 is 0 Å². The van der Waals surface area contributed by atoms with Crippen LogP contribution in [-0.2, 0) is 26.5 Å². The first-order valence-corrected chi connectivity index (χ1v) is 21.3. The molecule has 0 radical (unpaired) electrons. The quantitative estimate of drug-likeness (QED) is 0.118. The number of aromatic nitrogens is 2. The molecule has 0 atom stereocenters. The third-order valence-corrected chi connectivity index (χ3v) is 12.7. The van der Waals surface area contributed by atoms with Crippen molar-refractivity contribution < 1.29 is 26.0 Å². The molecule has 0 amide bonds. The van der Waals surface area contributed by atoms with Crippen molar-refractivity contribution in [2.75, 3.05) is 10.1 Å². The van der Waals surface area contributed by atoms with E-state index in [2.05, 4.69) is 230 Å². The number of pyridine rings is 1. The van der Waals surface area contributed by atoms with Crippen LogP contribution >= 0.6 is 0 Å². The van der Waals surface area contributed by atoms with Crippen LogP contribution in [-0.4, -0.2) is 20.5 Å². The summed E-state index contributed by atoms with van der Waals surface area (Å²) in [5.74, 6) is 0.837. The summed E-state index contributed by atoms with van der Waals surface area (Å²) >= 11 is 0. The zero-order valence-corrected chi connectivity index (χ0v) is 37.0. The van der Waals surface area contributed by atoms with E-state index in [-0.39, 0.29) is 27.1 Å². The van der Waals surface area contributed by atoms with Crippen LogP contribution in [0.25, 0.3) is 61.0 Å². The third-order valence-electron chi connectivity index (χ3n) is 12.7. The van der Waals surface area contributed by atoms with Gasteiger partial charge in [0.1, 0.15) is 17.2 Å². The Kier molecular flexibility index (Phi) is 9.49. The largest absolute Gasteiger partial charge is 0.319 e. The molecule has 1 aliphatic carbocycles. The molecule has 1 N–H and O–H groups in total. The maximum Gasteiger partial charge on any atom is 0.145 e. The predicted octanol–water partition coefficient (Wildman–Crippen LogP) is 13.7. The summed E-state index contributed by atoms with van der Waals surface area (Å²) in [5, 5.41) is 6.41. The van der Waals surface area contributed by atoms with Crippen molar-refractivity contribution in [3.8, 4) is 39.2 Å². The van der Waals surface area contributed by atoms with Crippen molar-refractivity contribution >= 4 is 38.9 Å². The molecule has 2 aromatic heterocycles. The Morgan fingerprint density at radius 3 is 1.89 bits per heavy atom. The van der Waals surface area contributed by atoms with Gasteiger partial charge in [0, 0.05) is 43.9 Å². The van der Waals surface area contributed by atoms with Crippen LogP contribution in [0.3, 0.4) is 0 Å². The second-order valence-electron chi connectivity index (χ2n) is 16.4. The second kappa shape index (κ2) is 15.4. The standard InChI is InChI=1S/C57H40N4O.Pt/c1-38(2)60-53-29-14-15-30-54(53)61(62-60)43-20-16-19-41(36-43)57(50-26-11-8-23-46(50)47-24-9-12-27-51(47)57)42-31-32-49-48-25-10-13-28-52(48)59(55(49)37-42)56-35-40(33-34-58-56)45-22-7-6-21-44(45)39-17-4-3-5-18-39;/h3-35,38H,1-2H3;/q-2;/p+1. The van der Waals surface area contributed by atoms with E-state index in [0.29, 0.717) is 0 Å². The van der Waals surface area contributed by atoms with E-state index in [1.807, 2.05) is 11.3 Å². The molecule has 1 aliphatic heterocycles. The van der Waals surface area contributed by atoms with E-state index in [9.17, 15) is 0 Å². The Hall–Kier alpha value is -7.04. The van der Waals surface area contributed by atoms with Crippen LogP contribution in [0, 0.1) is 12.1 Å². The summed E-state index contributed by atoms with van der Waals surface area (Å²) in [6.45, 7) is 4.35. The Labute approximate surface area is 381 Å². The second-order valence-corrected chi connectivity index (χ2v) is 16.4. The minimum atomic E-state index is -0.750. The summed E-state index contributed by atoms with van der Waals surface area (Å²) < 4.78 is 2.30. The molecule has 5 nitrogen and oxygen atoms in total. The molecule has 0 bridgehead atoms. The van der Waals surface area contributed by atoms with Crippen molar-refractivity contribution in [3.63, 3.8) is 0 Å². The first-order chi connectivity index (χ1) is 30.6. The maximum atomic E-state index is 5.16. The van der Waals surface area contributed by atoms with Crippen molar-refractivity contribution in [1.29, 1.82) is 0 Å². The van der Waals surface area contributed by atoms with Crippen molar-refractivity contribution in [2.24, 2.45) is 0 Å². The monoisotopic (exact) mass is 992 g/mol. The van der Waals surface area contributed by atoms with Gasteiger partial charge in [0.15, 0.2) is 0 Å². The molecule has 2 aliphatic rings. The maximum absolute atomic E-state index is 5.16. The van der Waals surface area contributed by atoms with E-state index in [4.69, 9.17) is 9.92 Å². The number of hydrogen-bond acceptors (Lipinski definition) is 3. The molecule has 8 aromatic carbocycles. The van der Waals surface area contributed by atoms with Crippen LogP contribution in [0.4, 0.5) is 17.1 Å². The van der Waals surface area contributed by atoms with Crippen LogP contribution < -0.4 is 10.1 Å². The summed E-state index contributed by atoms with van der Waals surface area (Å²) in [6, 6.07) is 77.7. The van der Waals surface area contributed by atoms with Crippen LogP contribution in [0.15, 0.2) is 200 Å². The average Bonchev–Trinajstić information content (AvgIpc) is 3.99. The summed E-state index contributed by atoms with van der Waals surface area (Å²) in [7, 11) is 0. The molecule has 306 valence electrons. The van der Waals surface area contributed by atoms with Crippen molar-refractivity contribution in [3.05, 3.63) is 235 Å². The molecule has 0 unspecified atom stereocenters. The minimum Gasteiger partial charge on any atom is -0.319 e. The van der Waals surface area contributed by atoms with E-state index in [0.717, 1.165) is 66.9 Å². The fourth-order valence-corrected chi connectivity index (χ4v) is 10.0. The molecule has 3 heterocycles. The van der Waals surface area contributed by atoms with Crippen LogP contribution in [0.5, 0.6) is 0 Å². The Morgan fingerprint density at radius 1 is 0.524 bits per heavy atom. The Balaban J connectivity index is 0.00000444. The number of hydroxylamine groups is 1. The molecular formula is C57H41N4OPt-. The molecular weight excluding hydrogens is 952 g/mol. The van der Waals surface area contributed by atoms with Gasteiger partial charge in [-0.1, -0.05) is 139 Å². The van der Waals surface area contributed by atoms with Gasteiger partial charge in [-0.3, -0.25) is 0 Å². The van der Waals surface area contributed by atoms with Crippen molar-refractivity contribution in [2.45, 2.75) is 25.3 Å². The minimum absolute atomic E-state index is 0. The normalized spacial score (nSPS) is 13.6. The van der Waals surface area contributed by atoms with Gasteiger partial charge in [-0.2, -0.15) is 35.3 Å². The van der Waals surface area contributed by atoms with Gasteiger partial charge in [-0.25, -0.2) is 4.98 Å². The zero-order chi connectivity index (χ0) is 41.4. The van der Waals surface area contributed by atoms with Gasteiger partial charge in [0.05, 0.1) is 6.04 Å². The number of nitrogens with zero attached hydrogens (tertiary/aromatic N) is 4. The van der Waals surface area contributed by atoms with Crippen LogP contribution in [0.2, 0.25) is 0 Å². The number of rotatable bonds is 7. The number of para-hydroxylation sites is 3. The molecule has 0 saturated carbocycles. The molecule has 63 heavy (non-hydrogen) atoms. The Morgan fingerprint density at radius 2 is 1.14 bits per heavy atom. The molecule has 0 fully saturated rings. The average molecular weight is 993 g/mol. The first-order valence-electron chi connectivity index (χ1n) is 21.3. The predicted molar refractivity (Wildman–Crippen MR) is 252 cm³/mol. The topological polar surface area (TPSA) is 37.1 Å². The van der Waals surface area contributed by atoms with Crippen molar-refractivity contribution in [1.82, 2.24) is 9.55 Å². The zero-order valence-electron chi connectivity index (χ0n) is 34.7. The summed E-state index contributed by atoms with van der Waals surface area (Å²) in [4.78, 5) is 10.3. The first kappa shape index (κ1) is 38.9. The SMILES string of the molecule is CC(C)N1[OH+]N(c2[c-]c(C3(c4[c-]c5c(cc4)c4ccccc4n5-c4cc(-c5ccccc5-c5ccccc5)ccn4)c4ccccc4-c4ccccc43)ccc2)c2ccccc21.[Pt]. The summed E-state index contributed by atoms with van der Waals surface area (Å²) in [5.41, 5.74) is 15.8. The van der Waals surface area contributed by atoms with E-state index >= 15 is 0 Å². The summed E-state index contributed by atoms with van der Waals surface area (Å²) in [6.07, 6.45) is 1.93. The Bertz CT molecular complexity index is 3310.